The number of ether oxygens (including phenoxy) is 1. The van der Waals surface area contributed by atoms with Crippen molar-refractivity contribution in [1.82, 2.24) is 9.55 Å². The van der Waals surface area contributed by atoms with E-state index in [0.717, 1.165) is 4.70 Å². The number of furan rings is 1. The number of benzene rings is 2. The van der Waals surface area contributed by atoms with Crippen LogP contribution in [0.2, 0.25) is 5.02 Å². The standard InChI is InChI=1S/C25H19ClN2O6S/c1-13-2-9-18(34-13)22(30)20-21(14-3-6-16(7-4-14)33-11-10-29)28(24(32)23(20)31)25-27-17-8-5-15(26)12-19(17)35-25/h2-9,12,29,31-32H,10-11H2,1H3. The number of halogens is 1. The second-order valence-corrected chi connectivity index (χ2v) is 9.12. The first-order valence-electron chi connectivity index (χ1n) is 10.6. The summed E-state index contributed by atoms with van der Waals surface area (Å²) in [6, 6.07) is 15.1. The van der Waals surface area contributed by atoms with Crippen LogP contribution in [0.1, 0.15) is 21.9 Å². The van der Waals surface area contributed by atoms with E-state index in [1.54, 1.807) is 55.5 Å². The maximum absolute atomic E-state index is 13.4. The van der Waals surface area contributed by atoms with E-state index in [4.69, 9.17) is 25.9 Å². The SMILES string of the molecule is Cc1ccc(C(=O)c2c(O)c(O)n(-c3nc4ccc(Cl)cc4s3)c2-c2ccc(OCCO)cc2)o1. The van der Waals surface area contributed by atoms with Crippen molar-refractivity contribution in [3.05, 3.63) is 76.7 Å². The number of aryl methyl sites for hydroxylation is 1. The summed E-state index contributed by atoms with van der Waals surface area (Å²) in [5.74, 6) is -0.640. The van der Waals surface area contributed by atoms with Gasteiger partial charge in [0.25, 0.3) is 0 Å². The molecule has 0 amide bonds. The molecule has 3 N–H and O–H groups in total. The summed E-state index contributed by atoms with van der Waals surface area (Å²) < 4.78 is 13.0. The first kappa shape index (κ1) is 23.0. The monoisotopic (exact) mass is 510 g/mol. The minimum atomic E-state index is -0.593. The number of aliphatic hydroxyl groups excluding tert-OH is 1. The maximum atomic E-state index is 13.4. The van der Waals surface area contributed by atoms with Crippen LogP contribution in [0.3, 0.4) is 0 Å². The summed E-state index contributed by atoms with van der Waals surface area (Å²) in [4.78, 5) is 18.0. The highest BCUT2D eigenvalue weighted by Gasteiger charge is 2.32. The van der Waals surface area contributed by atoms with Gasteiger partial charge >= 0.3 is 0 Å². The number of nitrogens with zero attached hydrogens (tertiary/aromatic N) is 2. The molecule has 10 heteroatoms. The fourth-order valence-electron chi connectivity index (χ4n) is 3.76. The van der Waals surface area contributed by atoms with Crippen LogP contribution < -0.4 is 4.74 Å². The molecule has 0 aliphatic rings. The molecule has 0 atom stereocenters. The molecule has 0 bridgehead atoms. The maximum Gasteiger partial charge on any atom is 0.242 e. The Morgan fingerprint density at radius 3 is 2.60 bits per heavy atom. The van der Waals surface area contributed by atoms with E-state index >= 15 is 0 Å². The minimum Gasteiger partial charge on any atom is -0.503 e. The van der Waals surface area contributed by atoms with Gasteiger partial charge in [0.15, 0.2) is 16.6 Å². The molecule has 3 heterocycles. The zero-order chi connectivity index (χ0) is 24.7. The van der Waals surface area contributed by atoms with Gasteiger partial charge in [-0.05, 0) is 67.1 Å². The summed E-state index contributed by atoms with van der Waals surface area (Å²) in [6.07, 6.45) is 0. The van der Waals surface area contributed by atoms with Gasteiger partial charge in [-0.3, -0.25) is 9.36 Å². The molecular weight excluding hydrogens is 492 g/mol. The Balaban J connectivity index is 1.73. The summed E-state index contributed by atoms with van der Waals surface area (Å²) >= 11 is 7.37. The van der Waals surface area contributed by atoms with Crippen molar-refractivity contribution in [2.45, 2.75) is 6.92 Å². The lowest BCUT2D eigenvalue weighted by molar-refractivity contribution is 0.101. The lowest BCUT2D eigenvalue weighted by Gasteiger charge is -2.10. The zero-order valence-electron chi connectivity index (χ0n) is 18.4. The third-order valence-electron chi connectivity index (χ3n) is 5.33. The van der Waals surface area contributed by atoms with Gasteiger partial charge in [0.2, 0.25) is 11.7 Å². The smallest absolute Gasteiger partial charge is 0.242 e. The second kappa shape index (κ2) is 9.10. The Kier molecular flexibility index (Phi) is 5.98. The topological polar surface area (TPSA) is 118 Å². The van der Waals surface area contributed by atoms with Crippen molar-refractivity contribution in [1.29, 1.82) is 0 Å². The summed E-state index contributed by atoms with van der Waals surface area (Å²) in [7, 11) is 0. The molecule has 35 heavy (non-hydrogen) atoms. The molecule has 0 aliphatic carbocycles. The van der Waals surface area contributed by atoms with Gasteiger partial charge in [-0.1, -0.05) is 22.9 Å². The lowest BCUT2D eigenvalue weighted by Crippen LogP contribution is -2.04. The predicted molar refractivity (Wildman–Crippen MR) is 132 cm³/mol. The van der Waals surface area contributed by atoms with Crippen molar-refractivity contribution in [2.24, 2.45) is 0 Å². The van der Waals surface area contributed by atoms with E-state index in [1.807, 2.05) is 0 Å². The highest BCUT2D eigenvalue weighted by Crippen LogP contribution is 2.45. The number of hydrogen-bond acceptors (Lipinski definition) is 8. The van der Waals surface area contributed by atoms with Crippen LogP contribution in [0.5, 0.6) is 17.4 Å². The van der Waals surface area contributed by atoms with Crippen LogP contribution in [0.4, 0.5) is 0 Å². The van der Waals surface area contributed by atoms with Crippen molar-refractivity contribution in [3.8, 4) is 33.8 Å². The Labute approximate surface area is 208 Å². The van der Waals surface area contributed by atoms with Gasteiger partial charge in [-0.2, -0.15) is 0 Å². The Hall–Kier alpha value is -3.79. The average Bonchev–Trinajstić information content (AvgIpc) is 3.53. The fourth-order valence-corrected chi connectivity index (χ4v) is 5.01. The number of aromatic nitrogens is 2. The van der Waals surface area contributed by atoms with Gasteiger partial charge in [-0.25, -0.2) is 4.98 Å². The average molecular weight is 511 g/mol. The van der Waals surface area contributed by atoms with Crippen LogP contribution in [-0.4, -0.2) is 43.9 Å². The highest BCUT2D eigenvalue weighted by molar-refractivity contribution is 7.20. The molecule has 5 rings (SSSR count). The molecule has 0 radical (unpaired) electrons. The molecule has 3 aromatic heterocycles. The number of aromatic hydroxyl groups is 2. The first-order chi connectivity index (χ1) is 16.9. The number of aliphatic hydroxyl groups is 1. The number of thiazole rings is 1. The number of hydrogen-bond donors (Lipinski definition) is 3. The molecule has 0 saturated carbocycles. The molecule has 0 spiro atoms. The first-order valence-corrected chi connectivity index (χ1v) is 11.7. The molecule has 2 aromatic carbocycles. The van der Waals surface area contributed by atoms with Crippen LogP contribution in [0.15, 0.2) is 59.0 Å². The molecule has 0 fully saturated rings. The summed E-state index contributed by atoms with van der Waals surface area (Å²) in [6.45, 7) is 1.71. The number of fused-ring (bicyclic) bond motifs is 1. The number of rotatable bonds is 7. The summed E-state index contributed by atoms with van der Waals surface area (Å²) in [5, 5.41) is 31.8. The third kappa shape index (κ3) is 4.14. The Morgan fingerprint density at radius 1 is 1.14 bits per heavy atom. The van der Waals surface area contributed by atoms with Crippen LogP contribution >= 0.6 is 22.9 Å². The third-order valence-corrected chi connectivity index (χ3v) is 6.57. The van der Waals surface area contributed by atoms with Crippen molar-refractivity contribution >= 4 is 38.9 Å². The van der Waals surface area contributed by atoms with E-state index < -0.39 is 17.4 Å². The number of carbonyl (C=O) groups is 1. The fraction of sp³-hybridized carbons (Fsp3) is 0.120. The molecule has 0 saturated heterocycles. The van der Waals surface area contributed by atoms with E-state index in [0.29, 0.717) is 32.7 Å². The van der Waals surface area contributed by atoms with Gasteiger partial charge in [0.1, 0.15) is 18.1 Å². The largest absolute Gasteiger partial charge is 0.503 e. The molecule has 5 aromatic rings. The van der Waals surface area contributed by atoms with Crippen LogP contribution in [0, 0.1) is 6.92 Å². The highest BCUT2D eigenvalue weighted by atomic mass is 35.5. The van der Waals surface area contributed by atoms with Crippen molar-refractivity contribution in [3.63, 3.8) is 0 Å². The Bertz CT molecular complexity index is 1550. The zero-order valence-corrected chi connectivity index (χ0v) is 19.9. The van der Waals surface area contributed by atoms with Gasteiger partial charge < -0.3 is 24.5 Å². The van der Waals surface area contributed by atoms with Gasteiger partial charge in [0, 0.05) is 5.02 Å². The number of ketones is 1. The molecule has 178 valence electrons. The molecular formula is C25H19ClN2O6S. The molecule has 8 nitrogen and oxygen atoms in total. The van der Waals surface area contributed by atoms with E-state index in [1.165, 1.54) is 22.0 Å². The van der Waals surface area contributed by atoms with Crippen molar-refractivity contribution in [2.75, 3.05) is 13.2 Å². The minimum absolute atomic E-state index is 0.0233. The molecule has 0 unspecified atom stereocenters. The quantitative estimate of drug-likeness (QED) is 0.253. The summed E-state index contributed by atoms with van der Waals surface area (Å²) in [5.41, 5.74) is 1.27. The van der Waals surface area contributed by atoms with Crippen molar-refractivity contribution < 1.29 is 29.3 Å². The van der Waals surface area contributed by atoms with Crippen LogP contribution in [0.25, 0.3) is 26.6 Å². The lowest BCUT2D eigenvalue weighted by atomic mass is 10.0. The van der Waals surface area contributed by atoms with Gasteiger partial charge in [-0.15, -0.1) is 0 Å². The molecule has 0 aliphatic heterocycles. The van der Waals surface area contributed by atoms with E-state index in [2.05, 4.69) is 4.98 Å². The van der Waals surface area contributed by atoms with E-state index in [-0.39, 0.29) is 30.2 Å². The number of carbonyl (C=O) groups excluding carboxylic acids is 1. The second-order valence-electron chi connectivity index (χ2n) is 7.68. The van der Waals surface area contributed by atoms with Crippen LogP contribution in [-0.2, 0) is 0 Å². The predicted octanol–water partition coefficient (Wildman–Crippen LogP) is 5.32. The normalized spacial score (nSPS) is 11.3. The van der Waals surface area contributed by atoms with E-state index in [9.17, 15) is 15.0 Å². The Morgan fingerprint density at radius 2 is 1.91 bits per heavy atom. The van der Waals surface area contributed by atoms with Gasteiger partial charge in [0.05, 0.1) is 28.1 Å².